The zero-order valence-corrected chi connectivity index (χ0v) is 12.3. The van der Waals surface area contributed by atoms with Gasteiger partial charge in [-0.15, -0.1) is 0 Å². The second-order valence-corrected chi connectivity index (χ2v) is 5.01. The Morgan fingerprint density at radius 1 is 1.14 bits per heavy atom. The van der Waals surface area contributed by atoms with Crippen LogP contribution in [0.1, 0.15) is 24.9 Å². The fourth-order valence-electron chi connectivity index (χ4n) is 2.07. The molecule has 0 aliphatic rings. The first-order valence-electron chi connectivity index (χ1n) is 7.09. The Morgan fingerprint density at radius 2 is 1.86 bits per heavy atom. The molecule has 1 atom stereocenters. The van der Waals surface area contributed by atoms with E-state index in [0.717, 1.165) is 17.7 Å². The summed E-state index contributed by atoms with van der Waals surface area (Å²) in [7, 11) is 0. The molecule has 22 heavy (non-hydrogen) atoms. The average Bonchev–Trinajstić information content (AvgIpc) is 2.51. The van der Waals surface area contributed by atoms with E-state index < -0.39 is 11.6 Å². The molecule has 0 bridgehead atoms. The number of anilines is 1. The fourth-order valence-corrected chi connectivity index (χ4v) is 2.07. The monoisotopic (exact) mass is 304 g/mol. The number of carbonyl (C=O) groups is 1. The molecule has 116 valence electrons. The molecule has 0 saturated carbocycles. The van der Waals surface area contributed by atoms with E-state index in [9.17, 15) is 13.6 Å². The highest BCUT2D eigenvalue weighted by atomic mass is 19.1. The summed E-state index contributed by atoms with van der Waals surface area (Å²) in [6.45, 7) is 2.47. The molecule has 0 aromatic heterocycles. The normalized spacial score (nSPS) is 12.0. The van der Waals surface area contributed by atoms with Crippen molar-refractivity contribution in [2.75, 3.05) is 11.9 Å². The lowest BCUT2D eigenvalue weighted by atomic mass is 10.1. The van der Waals surface area contributed by atoms with Crippen LogP contribution in [-0.2, 0) is 4.79 Å². The van der Waals surface area contributed by atoms with Gasteiger partial charge in [0.1, 0.15) is 11.6 Å². The summed E-state index contributed by atoms with van der Waals surface area (Å²) in [6.07, 6.45) is 0.202. The van der Waals surface area contributed by atoms with Crippen LogP contribution < -0.4 is 10.6 Å². The summed E-state index contributed by atoms with van der Waals surface area (Å²) in [5.74, 6) is -1.77. The number of halogens is 2. The minimum atomic E-state index is -0.779. The second-order valence-electron chi connectivity index (χ2n) is 5.01. The van der Waals surface area contributed by atoms with Crippen LogP contribution >= 0.6 is 0 Å². The van der Waals surface area contributed by atoms with Gasteiger partial charge in [-0.1, -0.05) is 30.3 Å². The Balaban J connectivity index is 1.78. The first-order chi connectivity index (χ1) is 10.6. The van der Waals surface area contributed by atoms with Crippen molar-refractivity contribution >= 4 is 11.6 Å². The molecule has 0 aliphatic carbocycles. The number of benzene rings is 2. The van der Waals surface area contributed by atoms with Crippen LogP contribution in [0, 0.1) is 11.6 Å². The Bertz CT molecular complexity index is 632. The van der Waals surface area contributed by atoms with Gasteiger partial charge in [0.05, 0.1) is 5.69 Å². The second kappa shape index (κ2) is 7.66. The van der Waals surface area contributed by atoms with Crippen molar-refractivity contribution in [2.45, 2.75) is 19.4 Å². The Hall–Kier alpha value is -2.27. The van der Waals surface area contributed by atoms with Gasteiger partial charge in [0, 0.05) is 25.1 Å². The maximum atomic E-state index is 13.4. The molecule has 1 unspecified atom stereocenters. The Labute approximate surface area is 128 Å². The van der Waals surface area contributed by atoms with Crippen LogP contribution in [-0.4, -0.2) is 12.5 Å². The lowest BCUT2D eigenvalue weighted by Gasteiger charge is -2.14. The topological polar surface area (TPSA) is 41.1 Å². The zero-order chi connectivity index (χ0) is 15.9. The molecule has 2 N–H and O–H groups in total. The van der Waals surface area contributed by atoms with E-state index in [2.05, 4.69) is 10.6 Å². The lowest BCUT2D eigenvalue weighted by molar-refractivity contribution is -0.116. The summed E-state index contributed by atoms with van der Waals surface area (Å²) >= 11 is 0. The molecule has 0 aliphatic heterocycles. The maximum absolute atomic E-state index is 13.4. The molecule has 3 nitrogen and oxygen atoms in total. The molecule has 0 heterocycles. The number of nitrogens with one attached hydrogen (secondary N) is 2. The van der Waals surface area contributed by atoms with Gasteiger partial charge in [-0.2, -0.15) is 0 Å². The maximum Gasteiger partial charge on any atom is 0.225 e. The van der Waals surface area contributed by atoms with Crippen molar-refractivity contribution in [3.8, 4) is 0 Å². The summed E-state index contributed by atoms with van der Waals surface area (Å²) in [5.41, 5.74) is 1.12. The Kier molecular flexibility index (Phi) is 5.61. The quantitative estimate of drug-likeness (QED) is 0.855. The van der Waals surface area contributed by atoms with Crippen molar-refractivity contribution in [3.05, 3.63) is 65.7 Å². The van der Waals surface area contributed by atoms with Crippen molar-refractivity contribution in [1.82, 2.24) is 5.32 Å². The Morgan fingerprint density at radius 3 is 2.55 bits per heavy atom. The number of amides is 1. The van der Waals surface area contributed by atoms with Crippen molar-refractivity contribution in [3.63, 3.8) is 0 Å². The lowest BCUT2D eigenvalue weighted by Crippen LogP contribution is -2.24. The summed E-state index contributed by atoms with van der Waals surface area (Å²) < 4.78 is 26.2. The number of hydrogen-bond donors (Lipinski definition) is 2. The zero-order valence-electron chi connectivity index (χ0n) is 12.3. The highest BCUT2D eigenvalue weighted by molar-refractivity contribution is 5.90. The first-order valence-corrected chi connectivity index (χ1v) is 7.09. The van der Waals surface area contributed by atoms with Gasteiger partial charge in [-0.25, -0.2) is 8.78 Å². The molecule has 5 heteroatoms. The largest absolute Gasteiger partial charge is 0.324 e. The van der Waals surface area contributed by atoms with Crippen LogP contribution in [0.4, 0.5) is 14.5 Å². The van der Waals surface area contributed by atoms with E-state index in [1.54, 1.807) is 0 Å². The molecule has 2 rings (SSSR count). The summed E-state index contributed by atoms with van der Waals surface area (Å²) in [5, 5.41) is 5.66. The fraction of sp³-hybridized carbons (Fsp3) is 0.235. The van der Waals surface area contributed by atoms with Crippen molar-refractivity contribution in [2.24, 2.45) is 0 Å². The highest BCUT2D eigenvalue weighted by Gasteiger charge is 2.09. The predicted molar refractivity (Wildman–Crippen MR) is 82.5 cm³/mol. The van der Waals surface area contributed by atoms with E-state index in [1.807, 2.05) is 37.3 Å². The minimum Gasteiger partial charge on any atom is -0.324 e. The highest BCUT2D eigenvalue weighted by Crippen LogP contribution is 2.15. The van der Waals surface area contributed by atoms with Gasteiger partial charge in [0.15, 0.2) is 0 Å². The van der Waals surface area contributed by atoms with E-state index in [0.29, 0.717) is 6.54 Å². The molecular formula is C17H18F2N2O. The van der Waals surface area contributed by atoms with Gasteiger partial charge >= 0.3 is 0 Å². The standard InChI is InChI=1S/C17H18F2N2O/c1-12(13-5-3-2-4-6-13)20-10-9-17(22)21-16-8-7-14(18)11-15(16)19/h2-8,11-12,20H,9-10H2,1H3,(H,21,22). The van der Waals surface area contributed by atoms with Crippen LogP contribution in [0.2, 0.25) is 0 Å². The van der Waals surface area contributed by atoms with Gasteiger partial charge in [0.2, 0.25) is 5.91 Å². The molecule has 2 aromatic rings. The molecular weight excluding hydrogens is 286 g/mol. The number of rotatable bonds is 6. The minimum absolute atomic E-state index is 0.0116. The van der Waals surface area contributed by atoms with Crippen LogP contribution in [0.3, 0.4) is 0 Å². The summed E-state index contributed by atoms with van der Waals surface area (Å²) in [6, 6.07) is 13.0. The predicted octanol–water partition coefficient (Wildman–Crippen LogP) is 3.64. The molecule has 2 aromatic carbocycles. The molecule has 0 spiro atoms. The van der Waals surface area contributed by atoms with E-state index in [4.69, 9.17) is 0 Å². The van der Waals surface area contributed by atoms with Crippen molar-refractivity contribution in [1.29, 1.82) is 0 Å². The SMILES string of the molecule is CC(NCCC(=O)Nc1ccc(F)cc1F)c1ccccc1. The van der Waals surface area contributed by atoms with Crippen LogP contribution in [0.25, 0.3) is 0 Å². The molecule has 0 saturated heterocycles. The van der Waals surface area contributed by atoms with Crippen molar-refractivity contribution < 1.29 is 13.6 Å². The number of carbonyl (C=O) groups excluding carboxylic acids is 1. The van der Waals surface area contributed by atoms with Gasteiger partial charge in [-0.05, 0) is 24.6 Å². The molecule has 0 fully saturated rings. The van der Waals surface area contributed by atoms with Gasteiger partial charge < -0.3 is 10.6 Å². The smallest absolute Gasteiger partial charge is 0.225 e. The first kappa shape index (κ1) is 16.1. The molecule has 1 amide bonds. The third-order valence-electron chi connectivity index (χ3n) is 3.31. The molecule has 0 radical (unpaired) electrons. The van der Waals surface area contributed by atoms with E-state index in [-0.39, 0.29) is 24.1 Å². The van der Waals surface area contributed by atoms with E-state index >= 15 is 0 Å². The third-order valence-corrected chi connectivity index (χ3v) is 3.31. The van der Waals surface area contributed by atoms with Gasteiger partial charge in [-0.3, -0.25) is 4.79 Å². The van der Waals surface area contributed by atoms with Gasteiger partial charge in [0.25, 0.3) is 0 Å². The third kappa shape index (κ3) is 4.63. The van der Waals surface area contributed by atoms with Crippen LogP contribution in [0.15, 0.2) is 48.5 Å². The average molecular weight is 304 g/mol. The van der Waals surface area contributed by atoms with E-state index in [1.165, 1.54) is 6.07 Å². The summed E-state index contributed by atoms with van der Waals surface area (Å²) in [4.78, 5) is 11.8. The van der Waals surface area contributed by atoms with Crippen LogP contribution in [0.5, 0.6) is 0 Å². The number of hydrogen-bond acceptors (Lipinski definition) is 2.